The minimum Gasteiger partial charge on any atom is -0.395 e. The van der Waals surface area contributed by atoms with Crippen LogP contribution in [0.3, 0.4) is 0 Å². The Morgan fingerprint density at radius 2 is 2.33 bits per heavy atom. The molecule has 5 nitrogen and oxygen atoms in total. The summed E-state index contributed by atoms with van der Waals surface area (Å²) in [7, 11) is 1.74. The van der Waals surface area contributed by atoms with Gasteiger partial charge in [0.1, 0.15) is 4.88 Å². The van der Waals surface area contributed by atoms with E-state index in [0.717, 1.165) is 22.7 Å². The molecule has 1 amide bonds. The summed E-state index contributed by atoms with van der Waals surface area (Å²) in [5.74, 6) is 5.77. The highest BCUT2D eigenvalue weighted by molar-refractivity contribution is 7.07. The quantitative estimate of drug-likeness (QED) is 0.870. The molecule has 1 aromatic carbocycles. The minimum atomic E-state index is -0.0956. The summed E-state index contributed by atoms with van der Waals surface area (Å²) in [5, 5.41) is 12.4. The number of hydrogen-bond acceptors (Lipinski definition) is 5. The maximum atomic E-state index is 12.1. The molecule has 108 valence electrons. The Balaban J connectivity index is 2.04. The lowest BCUT2D eigenvalue weighted by molar-refractivity contribution is 0.0789. The molecule has 0 aliphatic rings. The summed E-state index contributed by atoms with van der Waals surface area (Å²) in [4.78, 5) is 14.3. The predicted octanol–water partition coefficient (Wildman–Crippen LogP) is 1.54. The van der Waals surface area contributed by atoms with E-state index in [9.17, 15) is 4.79 Å². The standard InChI is InChI=1S/C15H15N3O2S/c1-18(15(20)14-10-16-17-21-14)11-13-7-4-6-12(9-13)5-2-3-8-19/h4,6-7,9-10,19H,3,8,11H2,1H3. The zero-order chi connectivity index (χ0) is 15.1. The molecule has 0 atom stereocenters. The molecule has 6 heteroatoms. The van der Waals surface area contributed by atoms with E-state index in [1.807, 2.05) is 24.3 Å². The van der Waals surface area contributed by atoms with Gasteiger partial charge in [-0.3, -0.25) is 4.79 Å². The number of rotatable bonds is 4. The zero-order valence-corrected chi connectivity index (χ0v) is 12.4. The fourth-order valence-corrected chi connectivity index (χ4v) is 2.27. The third kappa shape index (κ3) is 4.38. The zero-order valence-electron chi connectivity index (χ0n) is 11.6. The number of aromatic nitrogens is 2. The second-order valence-corrected chi connectivity index (χ2v) is 5.20. The van der Waals surface area contributed by atoms with Crippen LogP contribution in [-0.4, -0.2) is 39.2 Å². The number of hydrogen-bond donors (Lipinski definition) is 1. The van der Waals surface area contributed by atoms with Crippen molar-refractivity contribution in [1.29, 1.82) is 0 Å². The number of aliphatic hydroxyl groups is 1. The van der Waals surface area contributed by atoms with Gasteiger partial charge in [-0.1, -0.05) is 28.5 Å². The first-order valence-electron chi connectivity index (χ1n) is 6.42. The smallest absolute Gasteiger partial charge is 0.267 e. The highest BCUT2D eigenvalue weighted by Crippen LogP contribution is 2.11. The number of amides is 1. The Hall–Kier alpha value is -2.23. The molecule has 2 aromatic rings. The van der Waals surface area contributed by atoms with E-state index >= 15 is 0 Å². The second-order valence-electron chi connectivity index (χ2n) is 4.42. The second kappa shape index (κ2) is 7.53. The first-order chi connectivity index (χ1) is 10.2. The Morgan fingerprint density at radius 1 is 1.48 bits per heavy atom. The van der Waals surface area contributed by atoms with Crippen LogP contribution in [0.15, 0.2) is 30.5 Å². The number of carbonyl (C=O) groups excluding carboxylic acids is 1. The summed E-state index contributed by atoms with van der Waals surface area (Å²) < 4.78 is 3.69. The van der Waals surface area contributed by atoms with E-state index < -0.39 is 0 Å². The summed E-state index contributed by atoms with van der Waals surface area (Å²) in [6.07, 6.45) is 1.93. The Labute approximate surface area is 127 Å². The van der Waals surface area contributed by atoms with Crippen molar-refractivity contribution in [1.82, 2.24) is 14.5 Å². The molecule has 1 heterocycles. The highest BCUT2D eigenvalue weighted by atomic mass is 32.1. The maximum absolute atomic E-state index is 12.1. The largest absolute Gasteiger partial charge is 0.395 e. The number of benzene rings is 1. The lowest BCUT2D eigenvalue weighted by atomic mass is 10.1. The average Bonchev–Trinajstić information content (AvgIpc) is 3.01. The van der Waals surface area contributed by atoms with Crippen molar-refractivity contribution in [2.75, 3.05) is 13.7 Å². The Morgan fingerprint density at radius 3 is 3.05 bits per heavy atom. The number of carbonyl (C=O) groups is 1. The SMILES string of the molecule is CN(Cc1cccc(C#CCCO)c1)C(=O)c1cnns1. The number of nitrogens with zero attached hydrogens (tertiary/aromatic N) is 3. The van der Waals surface area contributed by atoms with E-state index in [-0.39, 0.29) is 12.5 Å². The molecule has 0 aliphatic heterocycles. The topological polar surface area (TPSA) is 66.3 Å². The average molecular weight is 301 g/mol. The molecule has 0 aliphatic carbocycles. The van der Waals surface area contributed by atoms with Gasteiger partial charge in [0.05, 0.1) is 12.8 Å². The van der Waals surface area contributed by atoms with Crippen LogP contribution >= 0.6 is 11.5 Å². The van der Waals surface area contributed by atoms with E-state index in [1.54, 1.807) is 11.9 Å². The Bertz CT molecular complexity index is 659. The van der Waals surface area contributed by atoms with Crippen LogP contribution in [0.5, 0.6) is 0 Å². The van der Waals surface area contributed by atoms with Gasteiger partial charge in [-0.25, -0.2) is 0 Å². The van der Waals surface area contributed by atoms with E-state index in [4.69, 9.17) is 5.11 Å². The van der Waals surface area contributed by atoms with E-state index in [1.165, 1.54) is 6.20 Å². The van der Waals surface area contributed by atoms with Crippen LogP contribution in [0, 0.1) is 11.8 Å². The Kier molecular flexibility index (Phi) is 5.43. The fourth-order valence-electron chi connectivity index (χ4n) is 1.76. The van der Waals surface area contributed by atoms with Crippen molar-refractivity contribution >= 4 is 17.4 Å². The van der Waals surface area contributed by atoms with Gasteiger partial charge >= 0.3 is 0 Å². The molecule has 0 bridgehead atoms. The first-order valence-corrected chi connectivity index (χ1v) is 7.19. The summed E-state index contributed by atoms with van der Waals surface area (Å²) in [6.45, 7) is 0.555. The van der Waals surface area contributed by atoms with Gasteiger partial charge in [0.25, 0.3) is 5.91 Å². The van der Waals surface area contributed by atoms with Gasteiger partial charge in [-0.05, 0) is 29.2 Å². The van der Waals surface area contributed by atoms with Gasteiger partial charge < -0.3 is 10.0 Å². The third-order valence-electron chi connectivity index (χ3n) is 2.74. The molecule has 0 saturated carbocycles. The van der Waals surface area contributed by atoms with Crippen molar-refractivity contribution in [2.45, 2.75) is 13.0 Å². The first kappa shape index (κ1) is 15.2. The van der Waals surface area contributed by atoms with E-state index in [0.29, 0.717) is 17.8 Å². The van der Waals surface area contributed by atoms with Gasteiger partial charge in [0.2, 0.25) is 0 Å². The van der Waals surface area contributed by atoms with Gasteiger partial charge in [0, 0.05) is 25.6 Å². The molecular formula is C15H15N3O2S. The van der Waals surface area contributed by atoms with Crippen LogP contribution in [0.25, 0.3) is 0 Å². The highest BCUT2D eigenvalue weighted by Gasteiger charge is 2.14. The molecule has 2 rings (SSSR count). The molecule has 21 heavy (non-hydrogen) atoms. The molecule has 1 N–H and O–H groups in total. The summed E-state index contributed by atoms with van der Waals surface area (Å²) in [5.41, 5.74) is 1.88. The van der Waals surface area contributed by atoms with Crippen LogP contribution in [0.2, 0.25) is 0 Å². The summed E-state index contributed by atoms with van der Waals surface area (Å²) >= 11 is 1.09. The predicted molar refractivity (Wildman–Crippen MR) is 80.7 cm³/mol. The van der Waals surface area contributed by atoms with Crippen LogP contribution in [0.4, 0.5) is 0 Å². The number of aliphatic hydroxyl groups excluding tert-OH is 1. The lowest BCUT2D eigenvalue weighted by Crippen LogP contribution is -2.25. The molecule has 0 spiro atoms. The van der Waals surface area contributed by atoms with Gasteiger partial charge in [0.15, 0.2) is 0 Å². The molecule has 1 aromatic heterocycles. The van der Waals surface area contributed by atoms with Gasteiger partial charge in [-0.15, -0.1) is 5.10 Å². The van der Waals surface area contributed by atoms with Crippen molar-refractivity contribution in [2.24, 2.45) is 0 Å². The summed E-state index contributed by atoms with van der Waals surface area (Å²) in [6, 6.07) is 7.71. The van der Waals surface area contributed by atoms with Crippen LogP contribution in [0.1, 0.15) is 27.2 Å². The minimum absolute atomic E-state index is 0.0623. The molecule has 0 radical (unpaired) electrons. The molecule has 0 saturated heterocycles. The normalized spacial score (nSPS) is 9.81. The van der Waals surface area contributed by atoms with Gasteiger partial charge in [-0.2, -0.15) is 0 Å². The lowest BCUT2D eigenvalue weighted by Gasteiger charge is -2.15. The van der Waals surface area contributed by atoms with Crippen molar-refractivity contribution in [3.05, 3.63) is 46.5 Å². The maximum Gasteiger partial charge on any atom is 0.267 e. The van der Waals surface area contributed by atoms with Crippen molar-refractivity contribution in [3.63, 3.8) is 0 Å². The molecule has 0 fully saturated rings. The van der Waals surface area contributed by atoms with Crippen molar-refractivity contribution in [3.8, 4) is 11.8 Å². The van der Waals surface area contributed by atoms with Crippen LogP contribution < -0.4 is 0 Å². The fraction of sp³-hybridized carbons (Fsp3) is 0.267. The monoisotopic (exact) mass is 301 g/mol. The third-order valence-corrected chi connectivity index (χ3v) is 3.39. The molecular weight excluding hydrogens is 286 g/mol. The van der Waals surface area contributed by atoms with Crippen LogP contribution in [-0.2, 0) is 6.54 Å². The molecule has 0 unspecified atom stereocenters. The van der Waals surface area contributed by atoms with E-state index in [2.05, 4.69) is 21.4 Å². The van der Waals surface area contributed by atoms with Crippen molar-refractivity contribution < 1.29 is 9.90 Å².